The molecule has 1 aromatic heterocycles. The molecule has 1 aromatic carbocycles. The molecule has 0 fully saturated rings. The molecule has 0 atom stereocenters. The monoisotopic (exact) mass is 261 g/mol. The van der Waals surface area contributed by atoms with Crippen molar-refractivity contribution in [3.05, 3.63) is 46.4 Å². The Bertz CT molecular complexity index is 474. The van der Waals surface area contributed by atoms with Gasteiger partial charge in [-0.3, -0.25) is 0 Å². The first kappa shape index (κ1) is 13.1. The van der Waals surface area contributed by atoms with E-state index in [0.717, 1.165) is 23.8 Å². The fourth-order valence-electron chi connectivity index (χ4n) is 1.86. The number of nitrogen functional groups attached to an aromatic ring is 1. The number of nitrogens with two attached hydrogens (primary N) is 1. The lowest BCUT2D eigenvalue weighted by atomic mass is 9.84. The van der Waals surface area contributed by atoms with Crippen LogP contribution in [0.5, 0.6) is 0 Å². The summed E-state index contributed by atoms with van der Waals surface area (Å²) in [5.74, 6) is 0. The highest BCUT2D eigenvalue weighted by Crippen LogP contribution is 2.23. The normalized spacial score (nSPS) is 11.7. The van der Waals surface area contributed by atoms with Gasteiger partial charge in [0.15, 0.2) is 0 Å². The third-order valence-corrected chi connectivity index (χ3v) is 3.80. The Balaban J connectivity index is 1.92. The van der Waals surface area contributed by atoms with Crippen molar-refractivity contribution < 1.29 is 0 Å². The van der Waals surface area contributed by atoms with Crippen LogP contribution < -0.4 is 11.1 Å². The van der Waals surface area contributed by atoms with E-state index in [0.29, 0.717) is 0 Å². The topological polar surface area (TPSA) is 50.9 Å². The molecule has 2 rings (SSSR count). The zero-order valence-electron chi connectivity index (χ0n) is 10.8. The van der Waals surface area contributed by atoms with E-state index in [1.807, 2.05) is 23.7 Å². The van der Waals surface area contributed by atoms with Crippen molar-refractivity contribution in [3.63, 3.8) is 0 Å². The Labute approximate surface area is 112 Å². The number of hydrogen-bond donors (Lipinski definition) is 2. The van der Waals surface area contributed by atoms with E-state index in [1.54, 1.807) is 11.3 Å². The fourth-order valence-corrected chi connectivity index (χ4v) is 2.44. The van der Waals surface area contributed by atoms with Crippen LogP contribution in [0.1, 0.15) is 24.4 Å². The van der Waals surface area contributed by atoms with Crippen LogP contribution in [0.3, 0.4) is 0 Å². The number of rotatable bonds is 5. The summed E-state index contributed by atoms with van der Waals surface area (Å²) in [6.45, 7) is 6.20. The zero-order chi connectivity index (χ0) is 13.0. The molecule has 0 aliphatic carbocycles. The summed E-state index contributed by atoms with van der Waals surface area (Å²) in [5.41, 5.74) is 7.91. The van der Waals surface area contributed by atoms with E-state index in [9.17, 15) is 0 Å². The highest BCUT2D eigenvalue weighted by molar-refractivity contribution is 7.09. The van der Waals surface area contributed by atoms with Gasteiger partial charge in [0, 0.05) is 35.8 Å². The van der Waals surface area contributed by atoms with Crippen LogP contribution in [0, 0.1) is 0 Å². The first-order valence-electron chi connectivity index (χ1n) is 6.03. The van der Waals surface area contributed by atoms with Crippen molar-refractivity contribution in [1.29, 1.82) is 0 Å². The number of nitrogens with one attached hydrogen (secondary N) is 1. The molecule has 0 aliphatic rings. The van der Waals surface area contributed by atoms with Crippen LogP contribution in [0.4, 0.5) is 5.69 Å². The largest absolute Gasteiger partial charge is 0.399 e. The van der Waals surface area contributed by atoms with Crippen molar-refractivity contribution in [1.82, 2.24) is 10.3 Å². The second-order valence-electron chi connectivity index (χ2n) is 5.04. The van der Waals surface area contributed by atoms with Gasteiger partial charge in [0.25, 0.3) is 0 Å². The van der Waals surface area contributed by atoms with Gasteiger partial charge in [-0.05, 0) is 17.7 Å². The maximum atomic E-state index is 5.71. The van der Waals surface area contributed by atoms with Crippen molar-refractivity contribution in [3.8, 4) is 0 Å². The van der Waals surface area contributed by atoms with Gasteiger partial charge in [-0.25, -0.2) is 4.98 Å². The molecule has 0 radical (unpaired) electrons. The van der Waals surface area contributed by atoms with Gasteiger partial charge in [-0.15, -0.1) is 11.3 Å². The highest BCUT2D eigenvalue weighted by Gasteiger charge is 2.19. The number of hydrogen-bond acceptors (Lipinski definition) is 4. The SMILES string of the molecule is CC(C)(CNCc1nccs1)c1ccc(N)cc1. The Kier molecular flexibility index (Phi) is 3.99. The Morgan fingerprint density at radius 1 is 1.28 bits per heavy atom. The molecule has 1 heterocycles. The van der Waals surface area contributed by atoms with Gasteiger partial charge < -0.3 is 11.1 Å². The standard InChI is InChI=1S/C14H19N3S/c1-14(2,11-3-5-12(15)6-4-11)10-16-9-13-17-7-8-18-13/h3-8,16H,9-10,15H2,1-2H3. The van der Waals surface area contributed by atoms with Gasteiger partial charge >= 0.3 is 0 Å². The number of benzene rings is 1. The highest BCUT2D eigenvalue weighted by atomic mass is 32.1. The average molecular weight is 261 g/mol. The van der Waals surface area contributed by atoms with Gasteiger partial charge in [0.05, 0.1) is 0 Å². The molecule has 2 aromatic rings. The second-order valence-corrected chi connectivity index (χ2v) is 6.01. The summed E-state index contributed by atoms with van der Waals surface area (Å²) in [4.78, 5) is 4.26. The van der Waals surface area contributed by atoms with Gasteiger partial charge in [-0.2, -0.15) is 0 Å². The third-order valence-electron chi connectivity index (χ3n) is 3.02. The lowest BCUT2D eigenvalue weighted by Gasteiger charge is -2.25. The van der Waals surface area contributed by atoms with Crippen molar-refractivity contribution in [2.75, 3.05) is 12.3 Å². The van der Waals surface area contributed by atoms with Crippen LogP contribution in [-0.2, 0) is 12.0 Å². The number of nitrogens with zero attached hydrogens (tertiary/aromatic N) is 1. The van der Waals surface area contributed by atoms with Crippen molar-refractivity contribution in [2.45, 2.75) is 25.8 Å². The predicted molar refractivity (Wildman–Crippen MR) is 77.7 cm³/mol. The van der Waals surface area contributed by atoms with E-state index in [2.05, 4.69) is 36.3 Å². The molecule has 0 saturated carbocycles. The molecule has 18 heavy (non-hydrogen) atoms. The van der Waals surface area contributed by atoms with E-state index in [-0.39, 0.29) is 5.41 Å². The summed E-state index contributed by atoms with van der Waals surface area (Å²) in [6.07, 6.45) is 1.84. The number of thiazole rings is 1. The fraction of sp³-hybridized carbons (Fsp3) is 0.357. The maximum Gasteiger partial charge on any atom is 0.106 e. The molecule has 0 bridgehead atoms. The molecule has 0 unspecified atom stereocenters. The van der Waals surface area contributed by atoms with Crippen LogP contribution in [0.2, 0.25) is 0 Å². The van der Waals surface area contributed by atoms with Gasteiger partial charge in [0.2, 0.25) is 0 Å². The number of anilines is 1. The summed E-state index contributed by atoms with van der Waals surface area (Å²) in [5, 5.41) is 6.59. The van der Waals surface area contributed by atoms with Crippen LogP contribution in [0.15, 0.2) is 35.8 Å². The first-order chi connectivity index (χ1) is 8.58. The quantitative estimate of drug-likeness (QED) is 0.814. The molecule has 0 amide bonds. The van der Waals surface area contributed by atoms with Crippen molar-refractivity contribution >= 4 is 17.0 Å². The predicted octanol–water partition coefficient (Wildman–Crippen LogP) is 2.79. The van der Waals surface area contributed by atoms with Gasteiger partial charge in [-0.1, -0.05) is 26.0 Å². The second kappa shape index (κ2) is 5.50. The summed E-state index contributed by atoms with van der Waals surface area (Å²) >= 11 is 1.68. The van der Waals surface area contributed by atoms with Crippen LogP contribution in [-0.4, -0.2) is 11.5 Å². The summed E-state index contributed by atoms with van der Waals surface area (Å²) in [7, 11) is 0. The maximum absolute atomic E-state index is 5.71. The molecular formula is C14H19N3S. The molecule has 0 spiro atoms. The first-order valence-corrected chi connectivity index (χ1v) is 6.91. The molecule has 3 nitrogen and oxygen atoms in total. The van der Waals surface area contributed by atoms with Gasteiger partial charge in [0.1, 0.15) is 5.01 Å². The molecule has 96 valence electrons. The smallest absolute Gasteiger partial charge is 0.106 e. The molecular weight excluding hydrogens is 242 g/mol. The minimum atomic E-state index is 0.0883. The summed E-state index contributed by atoms with van der Waals surface area (Å²) in [6, 6.07) is 8.11. The molecule has 0 saturated heterocycles. The molecule has 3 N–H and O–H groups in total. The lowest BCUT2D eigenvalue weighted by Crippen LogP contribution is -2.32. The Morgan fingerprint density at radius 3 is 2.61 bits per heavy atom. The van der Waals surface area contributed by atoms with E-state index in [4.69, 9.17) is 5.73 Å². The molecule has 4 heteroatoms. The van der Waals surface area contributed by atoms with Crippen LogP contribution in [0.25, 0.3) is 0 Å². The zero-order valence-corrected chi connectivity index (χ0v) is 11.6. The Hall–Kier alpha value is -1.39. The molecule has 0 aliphatic heterocycles. The van der Waals surface area contributed by atoms with Crippen molar-refractivity contribution in [2.24, 2.45) is 0 Å². The van der Waals surface area contributed by atoms with E-state index < -0.39 is 0 Å². The minimum Gasteiger partial charge on any atom is -0.399 e. The van der Waals surface area contributed by atoms with Crippen LogP contribution >= 0.6 is 11.3 Å². The Morgan fingerprint density at radius 2 is 2.00 bits per heavy atom. The summed E-state index contributed by atoms with van der Waals surface area (Å²) < 4.78 is 0. The third kappa shape index (κ3) is 3.31. The minimum absolute atomic E-state index is 0.0883. The number of aromatic nitrogens is 1. The average Bonchev–Trinajstić information content (AvgIpc) is 2.82. The lowest BCUT2D eigenvalue weighted by molar-refractivity contribution is 0.468. The van der Waals surface area contributed by atoms with E-state index >= 15 is 0 Å². The van der Waals surface area contributed by atoms with E-state index in [1.165, 1.54) is 5.56 Å².